The maximum absolute atomic E-state index is 5.32. The van der Waals surface area contributed by atoms with Crippen molar-refractivity contribution in [3.05, 3.63) is 35.7 Å². The van der Waals surface area contributed by atoms with Gasteiger partial charge in [0.1, 0.15) is 5.82 Å². The second-order valence-electron chi connectivity index (χ2n) is 6.54. The molecule has 2 N–H and O–H groups in total. The molecule has 0 aromatic carbocycles. The molecule has 2 aromatic rings. The Kier molecular flexibility index (Phi) is 8.95. The average Bonchev–Trinajstić information content (AvgIpc) is 3.16. The summed E-state index contributed by atoms with van der Waals surface area (Å²) in [6.45, 7) is 10.7. The van der Waals surface area contributed by atoms with E-state index >= 15 is 0 Å². The van der Waals surface area contributed by atoms with Crippen molar-refractivity contribution in [1.29, 1.82) is 0 Å². The number of imidazole rings is 1. The van der Waals surface area contributed by atoms with Gasteiger partial charge < -0.3 is 19.7 Å². The number of hydrogen-bond donors (Lipinski definition) is 2. The minimum absolute atomic E-state index is 0. The fourth-order valence-corrected chi connectivity index (χ4v) is 2.31. The van der Waals surface area contributed by atoms with Crippen molar-refractivity contribution in [1.82, 2.24) is 25.3 Å². The summed E-state index contributed by atoms with van der Waals surface area (Å²) in [5.41, 5.74) is 0.963. The molecule has 0 atom stereocenters. The average molecular weight is 460 g/mol. The molecule has 0 bridgehead atoms. The maximum Gasteiger partial charge on any atom is 0.191 e. The summed E-state index contributed by atoms with van der Waals surface area (Å²) in [6.07, 6.45) is 3.84. The SMILES string of the molecule is CN=C(NCc1cc(C(C)C)no1)NCc1nccn1CC(C)C.I. The van der Waals surface area contributed by atoms with Crippen LogP contribution in [0.2, 0.25) is 0 Å². The molecule has 0 amide bonds. The van der Waals surface area contributed by atoms with Crippen LogP contribution in [0.15, 0.2) is 28.0 Å². The Hall–Kier alpha value is -1.58. The summed E-state index contributed by atoms with van der Waals surface area (Å²) >= 11 is 0. The van der Waals surface area contributed by atoms with Gasteiger partial charge in [0.15, 0.2) is 11.7 Å². The molecule has 0 unspecified atom stereocenters. The van der Waals surface area contributed by atoms with Gasteiger partial charge in [-0.2, -0.15) is 0 Å². The Morgan fingerprint density at radius 1 is 1.24 bits per heavy atom. The van der Waals surface area contributed by atoms with E-state index in [0.29, 0.717) is 30.9 Å². The number of hydrogen-bond acceptors (Lipinski definition) is 4. The lowest BCUT2D eigenvalue weighted by atomic mass is 10.1. The number of nitrogens with one attached hydrogen (secondary N) is 2. The number of rotatable bonds is 7. The number of guanidine groups is 1. The molecule has 25 heavy (non-hydrogen) atoms. The molecule has 0 fully saturated rings. The van der Waals surface area contributed by atoms with Crippen LogP contribution in [0.5, 0.6) is 0 Å². The third-order valence-electron chi connectivity index (χ3n) is 3.60. The second kappa shape index (κ2) is 10.4. The zero-order valence-electron chi connectivity index (χ0n) is 15.6. The Bertz CT molecular complexity index is 662. The predicted molar refractivity (Wildman–Crippen MR) is 110 cm³/mol. The fraction of sp³-hybridized carbons (Fsp3) is 0.588. The molecule has 2 aromatic heterocycles. The molecule has 0 radical (unpaired) electrons. The number of aromatic nitrogens is 3. The van der Waals surface area contributed by atoms with E-state index < -0.39 is 0 Å². The third kappa shape index (κ3) is 6.68. The van der Waals surface area contributed by atoms with Gasteiger partial charge in [0.25, 0.3) is 0 Å². The van der Waals surface area contributed by atoms with Gasteiger partial charge in [-0.05, 0) is 11.8 Å². The predicted octanol–water partition coefficient (Wildman–Crippen LogP) is 3.13. The molecule has 0 aliphatic rings. The van der Waals surface area contributed by atoms with Gasteiger partial charge in [0, 0.05) is 32.1 Å². The van der Waals surface area contributed by atoms with E-state index in [-0.39, 0.29) is 24.0 Å². The van der Waals surface area contributed by atoms with Gasteiger partial charge in [-0.25, -0.2) is 4.98 Å². The Morgan fingerprint density at radius 3 is 2.56 bits per heavy atom. The molecule has 7 nitrogen and oxygen atoms in total. The second-order valence-corrected chi connectivity index (χ2v) is 6.54. The van der Waals surface area contributed by atoms with Crippen LogP contribution >= 0.6 is 24.0 Å². The maximum atomic E-state index is 5.32. The zero-order chi connectivity index (χ0) is 17.5. The topological polar surface area (TPSA) is 80.3 Å². The van der Waals surface area contributed by atoms with Crippen LogP contribution in [-0.2, 0) is 19.6 Å². The molecule has 0 saturated heterocycles. The third-order valence-corrected chi connectivity index (χ3v) is 3.60. The van der Waals surface area contributed by atoms with Crippen LogP contribution in [0.3, 0.4) is 0 Å². The Balaban J connectivity index is 0.00000312. The zero-order valence-corrected chi connectivity index (χ0v) is 17.9. The van der Waals surface area contributed by atoms with E-state index in [1.165, 1.54) is 0 Å². The highest BCUT2D eigenvalue weighted by Crippen LogP contribution is 2.13. The van der Waals surface area contributed by atoms with Gasteiger partial charge in [-0.1, -0.05) is 32.9 Å². The number of nitrogens with zero attached hydrogens (tertiary/aromatic N) is 4. The summed E-state index contributed by atoms with van der Waals surface area (Å²) in [5, 5.41) is 10.6. The molecular weight excluding hydrogens is 431 g/mol. The summed E-state index contributed by atoms with van der Waals surface area (Å²) < 4.78 is 7.49. The van der Waals surface area contributed by atoms with Crippen LogP contribution in [0.25, 0.3) is 0 Å². The van der Waals surface area contributed by atoms with Crippen LogP contribution in [0.1, 0.15) is 50.9 Å². The van der Waals surface area contributed by atoms with Gasteiger partial charge in [-0.3, -0.25) is 4.99 Å². The van der Waals surface area contributed by atoms with Gasteiger partial charge in [-0.15, -0.1) is 24.0 Å². The minimum Gasteiger partial charge on any atom is -0.359 e. The van der Waals surface area contributed by atoms with Crippen molar-refractivity contribution in [2.24, 2.45) is 10.9 Å². The quantitative estimate of drug-likeness (QED) is 0.377. The van der Waals surface area contributed by atoms with Crippen molar-refractivity contribution < 1.29 is 4.52 Å². The lowest BCUT2D eigenvalue weighted by Gasteiger charge is -2.13. The van der Waals surface area contributed by atoms with Gasteiger partial charge >= 0.3 is 0 Å². The molecule has 140 valence electrons. The monoisotopic (exact) mass is 460 g/mol. The highest BCUT2D eigenvalue weighted by atomic mass is 127. The summed E-state index contributed by atoms with van der Waals surface area (Å²) in [7, 11) is 1.75. The van der Waals surface area contributed by atoms with E-state index in [0.717, 1.165) is 23.8 Å². The lowest BCUT2D eigenvalue weighted by Crippen LogP contribution is -2.37. The highest BCUT2D eigenvalue weighted by Gasteiger charge is 2.09. The van der Waals surface area contributed by atoms with Crippen molar-refractivity contribution in [2.45, 2.75) is 53.2 Å². The van der Waals surface area contributed by atoms with Gasteiger partial charge in [0.2, 0.25) is 0 Å². The van der Waals surface area contributed by atoms with E-state index in [9.17, 15) is 0 Å². The smallest absolute Gasteiger partial charge is 0.191 e. The van der Waals surface area contributed by atoms with E-state index in [1.54, 1.807) is 7.05 Å². The minimum atomic E-state index is 0. The van der Waals surface area contributed by atoms with E-state index in [4.69, 9.17) is 4.52 Å². The van der Waals surface area contributed by atoms with Crippen LogP contribution < -0.4 is 10.6 Å². The van der Waals surface area contributed by atoms with Crippen LogP contribution in [-0.4, -0.2) is 27.7 Å². The van der Waals surface area contributed by atoms with Crippen molar-refractivity contribution in [3.63, 3.8) is 0 Å². The van der Waals surface area contributed by atoms with Crippen LogP contribution in [0, 0.1) is 5.92 Å². The molecule has 0 spiro atoms. The van der Waals surface area contributed by atoms with Crippen LogP contribution in [0.4, 0.5) is 0 Å². The fourth-order valence-electron chi connectivity index (χ4n) is 2.31. The molecule has 0 aliphatic heterocycles. The lowest BCUT2D eigenvalue weighted by molar-refractivity contribution is 0.372. The Morgan fingerprint density at radius 2 is 1.96 bits per heavy atom. The molecule has 2 rings (SSSR count). The molecule has 2 heterocycles. The van der Waals surface area contributed by atoms with Crippen molar-refractivity contribution in [3.8, 4) is 0 Å². The molecule has 0 aliphatic carbocycles. The summed E-state index contributed by atoms with van der Waals surface area (Å²) in [5.74, 6) is 3.43. The largest absolute Gasteiger partial charge is 0.359 e. The first kappa shape index (κ1) is 21.5. The van der Waals surface area contributed by atoms with Crippen molar-refractivity contribution in [2.75, 3.05) is 7.05 Å². The molecule has 0 saturated carbocycles. The van der Waals surface area contributed by atoms with Gasteiger partial charge in [0.05, 0.1) is 18.8 Å². The number of aliphatic imine (C=N–C) groups is 1. The first-order valence-electron chi connectivity index (χ1n) is 8.39. The molecular formula is C17H29IN6O. The normalized spacial score (nSPS) is 11.7. The van der Waals surface area contributed by atoms with E-state index in [1.807, 2.05) is 18.5 Å². The standard InChI is InChI=1S/C17H28N6O.HI/c1-12(2)11-23-7-6-19-16(23)10-21-17(18-5)20-9-14-8-15(13(3)4)22-24-14;/h6-8,12-13H,9-11H2,1-5H3,(H2,18,20,21);1H. The first-order valence-corrected chi connectivity index (χ1v) is 8.39. The summed E-state index contributed by atoms with van der Waals surface area (Å²) in [6, 6.07) is 1.97. The van der Waals surface area contributed by atoms with E-state index in [2.05, 4.69) is 58.0 Å². The molecule has 8 heteroatoms. The Labute approximate surface area is 166 Å². The first-order chi connectivity index (χ1) is 11.5. The number of halogens is 1. The van der Waals surface area contributed by atoms with Crippen molar-refractivity contribution >= 4 is 29.9 Å². The summed E-state index contributed by atoms with van der Waals surface area (Å²) in [4.78, 5) is 8.64. The highest BCUT2D eigenvalue weighted by molar-refractivity contribution is 14.0.